The molecule has 0 fully saturated rings. The van der Waals surface area contributed by atoms with Crippen LogP contribution in [0.4, 0.5) is 40.6 Å². The van der Waals surface area contributed by atoms with E-state index < -0.39 is 30.0 Å². The average Bonchev–Trinajstić information content (AvgIpc) is 2.97. The third kappa shape index (κ3) is 7.14. The third-order valence-corrected chi connectivity index (χ3v) is 8.07. The van der Waals surface area contributed by atoms with Gasteiger partial charge in [0.1, 0.15) is 5.69 Å². The molecule has 1 aromatic heterocycles. The van der Waals surface area contributed by atoms with Crippen LogP contribution in [-0.4, -0.2) is 46.0 Å². The van der Waals surface area contributed by atoms with Crippen molar-refractivity contribution in [3.63, 3.8) is 0 Å². The minimum Gasteiger partial charge on any atom is -0.505 e. The minimum absolute atomic E-state index is 0.0708. The molecule has 5 rings (SSSR count). The molecule has 234 valence electrons. The molecule has 16 nitrogen and oxygen atoms in total. The van der Waals surface area contributed by atoms with Crippen LogP contribution >= 0.6 is 0 Å². The Hall–Kier alpha value is -5.74. The van der Waals surface area contributed by atoms with Gasteiger partial charge in [0, 0.05) is 11.1 Å². The number of nitriles is 1. The first-order valence-electron chi connectivity index (χ1n) is 13.0. The van der Waals surface area contributed by atoms with E-state index in [-0.39, 0.29) is 51.4 Å². The minimum atomic E-state index is -4.73. The Balaban J connectivity index is 1.63. The number of aromatic hydroxyl groups is 1. The number of aromatic nitrogens is 3. The maximum absolute atomic E-state index is 12.2. The fraction of sp³-hybridized carbons (Fsp3) is 0.0714. The number of rotatable bonds is 9. The molecule has 0 aliphatic heterocycles. The second-order valence-corrected chi connectivity index (χ2v) is 12.6. The van der Waals surface area contributed by atoms with Crippen LogP contribution < -0.4 is 16.0 Å². The maximum atomic E-state index is 12.2. The lowest BCUT2D eigenvalue weighted by molar-refractivity contribution is 0.480. The highest BCUT2D eigenvalue weighted by molar-refractivity contribution is 7.86. The molecule has 4 aromatic carbocycles. The smallest absolute Gasteiger partial charge is 0.294 e. The fourth-order valence-corrected chi connectivity index (χ4v) is 5.36. The highest BCUT2D eigenvalue weighted by Crippen LogP contribution is 2.44. The van der Waals surface area contributed by atoms with Gasteiger partial charge in [0.05, 0.1) is 21.2 Å². The number of nitrogens with zero attached hydrogens (tertiary/aromatic N) is 6. The number of azo groups is 1. The maximum Gasteiger partial charge on any atom is 0.294 e. The van der Waals surface area contributed by atoms with Gasteiger partial charge in [0.15, 0.2) is 11.9 Å². The summed E-state index contributed by atoms with van der Waals surface area (Å²) in [4.78, 5) is 11.4. The Bertz CT molecular complexity index is 2290. The molecule has 0 amide bonds. The molecule has 0 unspecified atom stereocenters. The van der Waals surface area contributed by atoms with Crippen molar-refractivity contribution in [2.45, 2.75) is 23.6 Å². The quantitative estimate of drug-likeness (QED) is 0.0484. The van der Waals surface area contributed by atoms with Gasteiger partial charge < -0.3 is 15.7 Å². The Kier molecular flexibility index (Phi) is 8.49. The highest BCUT2D eigenvalue weighted by atomic mass is 32.2. The number of benzene rings is 4. The van der Waals surface area contributed by atoms with Crippen molar-refractivity contribution in [3.8, 4) is 11.9 Å². The second-order valence-electron chi connectivity index (χ2n) is 9.77. The normalized spacial score (nSPS) is 11.8. The van der Waals surface area contributed by atoms with Crippen molar-refractivity contribution < 1.29 is 31.0 Å². The zero-order valence-electron chi connectivity index (χ0n) is 23.8. The molecule has 6 N–H and O–H groups in total. The summed E-state index contributed by atoms with van der Waals surface area (Å²) in [5.74, 6) is -1.11. The first kappa shape index (κ1) is 31.7. The van der Waals surface area contributed by atoms with Gasteiger partial charge >= 0.3 is 0 Å². The van der Waals surface area contributed by atoms with Gasteiger partial charge in [0.25, 0.3) is 20.2 Å². The number of hydrogen-bond donors (Lipinski definition) is 6. The van der Waals surface area contributed by atoms with Gasteiger partial charge in [-0.15, -0.1) is 5.11 Å². The summed E-state index contributed by atoms with van der Waals surface area (Å²) in [6.07, 6.45) is 1.66. The second kappa shape index (κ2) is 12.3. The molecule has 0 aliphatic carbocycles. The topological polar surface area (TPSA) is 252 Å². The third-order valence-electron chi connectivity index (χ3n) is 6.38. The van der Waals surface area contributed by atoms with Crippen LogP contribution in [0.15, 0.2) is 86.7 Å². The molecular formula is C28H23N9O7S2. The van der Waals surface area contributed by atoms with E-state index in [2.05, 4.69) is 41.1 Å². The fourth-order valence-electron chi connectivity index (χ4n) is 4.29. The molecule has 0 bridgehead atoms. The van der Waals surface area contributed by atoms with Crippen molar-refractivity contribution in [2.24, 2.45) is 10.2 Å². The zero-order valence-corrected chi connectivity index (χ0v) is 25.5. The van der Waals surface area contributed by atoms with Crippen LogP contribution in [-0.2, 0) is 20.2 Å². The molecule has 0 atom stereocenters. The number of phenols is 1. The molecule has 5 aromatic rings. The Morgan fingerprint density at radius 2 is 1.43 bits per heavy atom. The molecule has 0 saturated heterocycles. The van der Waals surface area contributed by atoms with Gasteiger partial charge in [-0.25, -0.2) is 0 Å². The SMILES string of the molecule is Cc1ccc(N=Nc2c(C)cc3cc(S(=O)(=O)O)cc(Nc4nc(NC#N)nc(Nc5cccc(S(=O)(=O)O)c5)n4)c3c2O)cc1. The summed E-state index contributed by atoms with van der Waals surface area (Å²) in [6.45, 7) is 3.55. The average molecular weight is 662 g/mol. The van der Waals surface area contributed by atoms with Crippen molar-refractivity contribution in [3.05, 3.63) is 77.9 Å². The zero-order chi connectivity index (χ0) is 33.2. The van der Waals surface area contributed by atoms with Crippen LogP contribution in [0.5, 0.6) is 5.75 Å². The summed E-state index contributed by atoms with van der Waals surface area (Å²) in [6, 6.07) is 16.0. The predicted molar refractivity (Wildman–Crippen MR) is 167 cm³/mol. The van der Waals surface area contributed by atoms with Crippen molar-refractivity contribution >= 4 is 71.6 Å². The molecule has 18 heteroatoms. The molecule has 0 aliphatic rings. The van der Waals surface area contributed by atoms with Crippen LogP contribution in [0.1, 0.15) is 11.1 Å². The predicted octanol–water partition coefficient (Wildman–Crippen LogP) is 5.64. The summed E-state index contributed by atoms with van der Waals surface area (Å²) >= 11 is 0. The van der Waals surface area contributed by atoms with Crippen LogP contribution in [0, 0.1) is 25.3 Å². The van der Waals surface area contributed by atoms with E-state index in [9.17, 15) is 31.0 Å². The lowest BCUT2D eigenvalue weighted by Crippen LogP contribution is -2.08. The first-order chi connectivity index (χ1) is 21.7. The van der Waals surface area contributed by atoms with E-state index in [4.69, 9.17) is 5.26 Å². The van der Waals surface area contributed by atoms with E-state index in [0.717, 1.165) is 23.8 Å². The largest absolute Gasteiger partial charge is 0.505 e. The van der Waals surface area contributed by atoms with E-state index >= 15 is 0 Å². The van der Waals surface area contributed by atoms with E-state index in [1.807, 2.05) is 19.1 Å². The number of fused-ring (bicyclic) bond motifs is 1. The van der Waals surface area contributed by atoms with Crippen molar-refractivity contribution in [1.82, 2.24) is 15.0 Å². The van der Waals surface area contributed by atoms with Crippen molar-refractivity contribution in [2.75, 3.05) is 16.0 Å². The van der Waals surface area contributed by atoms with Gasteiger partial charge in [-0.05, 0) is 73.3 Å². The van der Waals surface area contributed by atoms with Crippen molar-refractivity contribution in [1.29, 1.82) is 5.26 Å². The molecule has 0 radical (unpaired) electrons. The Morgan fingerprint density at radius 1 is 0.783 bits per heavy atom. The van der Waals surface area contributed by atoms with Gasteiger partial charge in [0.2, 0.25) is 17.8 Å². The summed E-state index contributed by atoms with van der Waals surface area (Å²) in [7, 11) is -9.25. The number of phenolic OH excluding ortho intramolecular Hbond substituents is 1. The van der Waals surface area contributed by atoms with Crippen LogP contribution in [0.3, 0.4) is 0 Å². The molecule has 1 heterocycles. The Morgan fingerprint density at radius 3 is 2.09 bits per heavy atom. The summed E-state index contributed by atoms with van der Waals surface area (Å²) in [5, 5.41) is 37.0. The first-order valence-corrected chi connectivity index (χ1v) is 15.9. The molecule has 46 heavy (non-hydrogen) atoms. The number of aryl methyl sites for hydroxylation is 2. The monoisotopic (exact) mass is 661 g/mol. The van der Waals surface area contributed by atoms with Gasteiger partial charge in [-0.1, -0.05) is 23.8 Å². The number of nitrogens with one attached hydrogen (secondary N) is 3. The lowest BCUT2D eigenvalue weighted by atomic mass is 10.0. The van der Waals surface area contributed by atoms with Gasteiger partial charge in [-0.2, -0.15) is 42.2 Å². The van der Waals surface area contributed by atoms with Crippen LogP contribution in [0.25, 0.3) is 10.8 Å². The standard InChI is InChI=1S/C28H23N9O7S2/c1-15-6-8-18(9-7-15)36-37-24-16(2)10-17-11-21(46(42,43)44)13-22(23(17)25(24)38)32-28-34-26(30-14-29)33-27(35-28)31-19-4-3-5-20(12-19)45(39,40)41/h3-13,38H,1-2H3,(H,39,40,41)(H,42,43,44)(H3,30,31,32,33,34,35). The summed E-state index contributed by atoms with van der Waals surface area (Å²) in [5.41, 5.74) is 2.13. The molecular weight excluding hydrogens is 638 g/mol. The highest BCUT2D eigenvalue weighted by Gasteiger charge is 2.21. The van der Waals surface area contributed by atoms with E-state index in [1.54, 1.807) is 31.3 Å². The van der Waals surface area contributed by atoms with Crippen LogP contribution in [0.2, 0.25) is 0 Å². The van der Waals surface area contributed by atoms with Gasteiger partial charge in [-0.3, -0.25) is 14.4 Å². The number of anilines is 5. The Labute approximate surface area is 262 Å². The lowest BCUT2D eigenvalue weighted by Gasteiger charge is -2.15. The summed E-state index contributed by atoms with van der Waals surface area (Å²) < 4.78 is 66.7. The molecule has 0 saturated carbocycles. The van der Waals surface area contributed by atoms with E-state index in [0.29, 0.717) is 11.3 Å². The number of hydrogen-bond acceptors (Lipinski definition) is 14. The van der Waals surface area contributed by atoms with E-state index in [1.165, 1.54) is 18.2 Å². The molecule has 0 spiro atoms.